The molecule has 4 aromatic rings. The van der Waals surface area contributed by atoms with E-state index >= 15 is 0 Å². The van der Waals surface area contributed by atoms with Crippen molar-refractivity contribution in [1.29, 1.82) is 0 Å². The second kappa shape index (κ2) is 10.1. The summed E-state index contributed by atoms with van der Waals surface area (Å²) in [6, 6.07) is 12.3. The number of fused-ring (bicyclic) bond motifs is 1. The maximum atomic E-state index is 13.9. The van der Waals surface area contributed by atoms with Gasteiger partial charge in [-0.2, -0.15) is 4.31 Å². The Labute approximate surface area is 221 Å². The molecule has 1 unspecified atom stereocenters. The van der Waals surface area contributed by atoms with Gasteiger partial charge in [-0.25, -0.2) is 13.4 Å². The predicted molar refractivity (Wildman–Crippen MR) is 141 cm³/mol. The molecule has 182 valence electrons. The van der Waals surface area contributed by atoms with Gasteiger partial charge in [0, 0.05) is 25.5 Å². The van der Waals surface area contributed by atoms with E-state index in [-0.39, 0.29) is 23.2 Å². The number of sulfonamides is 1. The molecule has 0 saturated carbocycles. The first-order valence-corrected chi connectivity index (χ1v) is 14.7. The number of hydrogen-bond donors (Lipinski definition) is 0. The van der Waals surface area contributed by atoms with Crippen LogP contribution in [0.4, 0.5) is 5.13 Å². The van der Waals surface area contributed by atoms with Gasteiger partial charge in [0.05, 0.1) is 26.5 Å². The molecule has 1 aromatic carbocycles. The van der Waals surface area contributed by atoms with Crippen LogP contribution in [-0.2, 0) is 21.4 Å². The van der Waals surface area contributed by atoms with E-state index in [1.807, 2.05) is 24.3 Å². The third kappa shape index (κ3) is 5.09. The molecular formula is C23H20Cl2N4O3S3. The molecule has 1 fully saturated rings. The summed E-state index contributed by atoms with van der Waals surface area (Å²) in [4.78, 5) is 24.3. The quantitative estimate of drug-likeness (QED) is 0.299. The number of nitrogens with zero attached hydrogens (tertiary/aromatic N) is 4. The Hall–Kier alpha value is -2.08. The van der Waals surface area contributed by atoms with Gasteiger partial charge in [0.2, 0.25) is 5.91 Å². The predicted octanol–water partition coefficient (Wildman–Crippen LogP) is 5.69. The highest BCUT2D eigenvalue weighted by atomic mass is 35.5. The molecule has 1 aliphatic rings. The van der Waals surface area contributed by atoms with Gasteiger partial charge in [0.25, 0.3) is 10.0 Å². The first-order chi connectivity index (χ1) is 16.8. The average molecular weight is 568 g/mol. The number of piperidine rings is 1. The lowest BCUT2D eigenvalue weighted by molar-refractivity contribution is -0.123. The molecule has 1 aliphatic heterocycles. The van der Waals surface area contributed by atoms with Crippen molar-refractivity contribution in [1.82, 2.24) is 14.3 Å². The van der Waals surface area contributed by atoms with Gasteiger partial charge in [-0.3, -0.25) is 14.7 Å². The SMILES string of the molecule is O=C(C1CCCN(S(=O)(=O)c2ccc(Cl)s2)C1)N(Cc1cccnc1)c1nc2c(Cl)cccc2s1. The number of aromatic nitrogens is 2. The van der Waals surface area contributed by atoms with E-state index in [2.05, 4.69) is 9.97 Å². The number of carbonyl (C=O) groups excluding carboxylic acids is 1. The first-order valence-electron chi connectivity index (χ1n) is 10.8. The van der Waals surface area contributed by atoms with E-state index < -0.39 is 15.9 Å². The largest absolute Gasteiger partial charge is 0.283 e. The molecule has 0 bridgehead atoms. The third-order valence-electron chi connectivity index (χ3n) is 5.79. The normalized spacial score (nSPS) is 17.0. The van der Waals surface area contributed by atoms with Gasteiger partial charge in [0.15, 0.2) is 5.13 Å². The van der Waals surface area contributed by atoms with Crippen molar-refractivity contribution in [2.75, 3.05) is 18.0 Å². The molecule has 1 atom stereocenters. The summed E-state index contributed by atoms with van der Waals surface area (Å²) >= 11 is 14.7. The van der Waals surface area contributed by atoms with E-state index in [0.717, 1.165) is 21.6 Å². The number of para-hydroxylation sites is 1. The third-order valence-corrected chi connectivity index (χ3v) is 10.7. The minimum absolute atomic E-state index is 0.103. The number of benzene rings is 1. The molecule has 12 heteroatoms. The van der Waals surface area contributed by atoms with Crippen molar-refractivity contribution in [3.8, 4) is 0 Å². The summed E-state index contributed by atoms with van der Waals surface area (Å²) in [5.74, 6) is -0.679. The summed E-state index contributed by atoms with van der Waals surface area (Å²) in [5.41, 5.74) is 1.49. The zero-order valence-electron chi connectivity index (χ0n) is 18.3. The van der Waals surface area contributed by atoms with E-state index in [9.17, 15) is 13.2 Å². The van der Waals surface area contributed by atoms with Crippen molar-refractivity contribution >= 4 is 77.2 Å². The summed E-state index contributed by atoms with van der Waals surface area (Å²) < 4.78 is 29.2. The number of rotatable bonds is 6. The molecule has 5 rings (SSSR count). The topological polar surface area (TPSA) is 83.5 Å². The fourth-order valence-electron chi connectivity index (χ4n) is 4.08. The van der Waals surface area contributed by atoms with E-state index in [1.165, 1.54) is 21.7 Å². The van der Waals surface area contributed by atoms with Gasteiger partial charge in [-0.05, 0) is 48.7 Å². The first kappa shape index (κ1) is 24.6. The minimum Gasteiger partial charge on any atom is -0.283 e. The number of thiophene rings is 1. The van der Waals surface area contributed by atoms with Crippen LogP contribution in [0.5, 0.6) is 0 Å². The summed E-state index contributed by atoms with van der Waals surface area (Å²) in [6.07, 6.45) is 4.55. The molecule has 0 aliphatic carbocycles. The number of anilines is 1. The molecule has 3 aromatic heterocycles. The Balaban J connectivity index is 1.46. The molecule has 0 N–H and O–H groups in total. The molecule has 0 spiro atoms. The number of pyridine rings is 1. The standard InChI is InChI=1S/C23H20Cl2N4O3S3/c24-17-6-1-7-18-21(17)27-23(33-18)29(13-15-4-2-10-26-12-15)22(30)16-5-3-11-28(14-16)35(31,32)20-9-8-19(25)34-20/h1-2,4,6-10,12,16H,3,5,11,13-14H2. The molecule has 1 amide bonds. The van der Waals surface area contributed by atoms with Crippen molar-refractivity contribution in [3.05, 3.63) is 69.8 Å². The van der Waals surface area contributed by atoms with Crippen molar-refractivity contribution in [2.24, 2.45) is 5.92 Å². The fourth-order valence-corrected chi connectivity index (χ4v) is 8.51. The second-order valence-corrected chi connectivity index (χ2v) is 13.4. The minimum atomic E-state index is -3.73. The Bertz CT molecular complexity index is 1470. The number of carbonyl (C=O) groups is 1. The van der Waals surface area contributed by atoms with Crippen LogP contribution < -0.4 is 4.90 Å². The Morgan fingerprint density at radius 2 is 2.00 bits per heavy atom. The molecule has 0 radical (unpaired) electrons. The lowest BCUT2D eigenvalue weighted by Gasteiger charge is -2.33. The summed E-state index contributed by atoms with van der Waals surface area (Å²) in [5, 5.41) is 1.04. The molecule has 7 nitrogen and oxygen atoms in total. The molecular weight excluding hydrogens is 547 g/mol. The smallest absolute Gasteiger partial charge is 0.252 e. The van der Waals surface area contributed by atoms with Gasteiger partial charge in [-0.15, -0.1) is 11.3 Å². The van der Waals surface area contributed by atoms with Crippen LogP contribution in [0.3, 0.4) is 0 Å². The van der Waals surface area contributed by atoms with E-state index in [4.69, 9.17) is 23.2 Å². The van der Waals surface area contributed by atoms with Gasteiger partial charge in [0.1, 0.15) is 9.73 Å². The highest BCUT2D eigenvalue weighted by Gasteiger charge is 2.37. The van der Waals surface area contributed by atoms with Gasteiger partial charge >= 0.3 is 0 Å². The van der Waals surface area contributed by atoms with Crippen molar-refractivity contribution in [3.63, 3.8) is 0 Å². The Morgan fingerprint density at radius 3 is 2.71 bits per heavy atom. The summed E-state index contributed by atoms with van der Waals surface area (Å²) in [6.45, 7) is 0.737. The van der Waals surface area contributed by atoms with Crippen LogP contribution in [0.15, 0.2) is 59.1 Å². The Morgan fingerprint density at radius 1 is 1.14 bits per heavy atom. The second-order valence-electron chi connectivity index (χ2n) is 8.13. The summed E-state index contributed by atoms with van der Waals surface area (Å²) in [7, 11) is -3.73. The van der Waals surface area contributed by atoms with Crippen LogP contribution in [0, 0.1) is 5.92 Å². The Kier molecular flexibility index (Phi) is 7.11. The van der Waals surface area contributed by atoms with E-state index in [1.54, 1.807) is 29.4 Å². The van der Waals surface area contributed by atoms with Crippen LogP contribution in [0.25, 0.3) is 10.2 Å². The maximum absolute atomic E-state index is 13.9. The van der Waals surface area contributed by atoms with Crippen LogP contribution >= 0.6 is 45.9 Å². The zero-order valence-corrected chi connectivity index (χ0v) is 22.3. The lowest BCUT2D eigenvalue weighted by atomic mass is 9.98. The monoisotopic (exact) mass is 566 g/mol. The van der Waals surface area contributed by atoms with E-state index in [0.29, 0.717) is 39.4 Å². The molecule has 1 saturated heterocycles. The van der Waals surface area contributed by atoms with Gasteiger partial charge < -0.3 is 0 Å². The van der Waals surface area contributed by atoms with Crippen molar-refractivity contribution in [2.45, 2.75) is 23.6 Å². The fraction of sp³-hybridized carbons (Fsp3) is 0.261. The lowest BCUT2D eigenvalue weighted by Crippen LogP contribution is -2.46. The highest BCUT2D eigenvalue weighted by molar-refractivity contribution is 7.91. The average Bonchev–Trinajstić information content (AvgIpc) is 3.50. The highest BCUT2D eigenvalue weighted by Crippen LogP contribution is 2.36. The number of thiazole rings is 1. The molecule has 4 heterocycles. The van der Waals surface area contributed by atoms with Gasteiger partial charge in [-0.1, -0.05) is 46.7 Å². The number of amides is 1. The maximum Gasteiger partial charge on any atom is 0.252 e. The number of hydrogen-bond acceptors (Lipinski definition) is 7. The van der Waals surface area contributed by atoms with Crippen LogP contribution in [0.1, 0.15) is 18.4 Å². The van der Waals surface area contributed by atoms with Crippen LogP contribution in [0.2, 0.25) is 9.36 Å². The van der Waals surface area contributed by atoms with Crippen molar-refractivity contribution < 1.29 is 13.2 Å². The number of halogens is 2. The molecule has 35 heavy (non-hydrogen) atoms. The zero-order chi connectivity index (χ0) is 24.6. The van der Waals surface area contributed by atoms with Crippen LogP contribution in [-0.4, -0.2) is 41.7 Å².